The smallest absolute Gasteiger partial charge is 0.268 e. The van der Waals surface area contributed by atoms with E-state index in [9.17, 15) is 9.59 Å². The van der Waals surface area contributed by atoms with E-state index in [0.29, 0.717) is 17.3 Å². The Balaban J connectivity index is 1.67. The van der Waals surface area contributed by atoms with Gasteiger partial charge in [-0.3, -0.25) is 14.5 Å². The van der Waals surface area contributed by atoms with Crippen molar-refractivity contribution in [3.63, 3.8) is 0 Å². The minimum atomic E-state index is -0.620. The molecule has 8 heteroatoms. The first-order chi connectivity index (χ1) is 12.4. The fourth-order valence-corrected chi connectivity index (χ4v) is 2.93. The number of nitrogens with zero attached hydrogens (tertiary/aromatic N) is 4. The van der Waals surface area contributed by atoms with Crippen LogP contribution in [0.15, 0.2) is 24.3 Å². The highest BCUT2D eigenvalue weighted by Crippen LogP contribution is 2.33. The van der Waals surface area contributed by atoms with Crippen LogP contribution in [0.2, 0.25) is 0 Å². The van der Waals surface area contributed by atoms with Crippen molar-refractivity contribution < 1.29 is 14.3 Å². The molecule has 1 aromatic carbocycles. The Kier molecular flexibility index (Phi) is 4.92. The first kappa shape index (κ1) is 17.9. The van der Waals surface area contributed by atoms with Crippen molar-refractivity contribution in [3.05, 3.63) is 35.9 Å². The first-order valence-electron chi connectivity index (χ1n) is 8.60. The third kappa shape index (κ3) is 3.40. The summed E-state index contributed by atoms with van der Waals surface area (Å²) in [4.78, 5) is 26.3. The summed E-state index contributed by atoms with van der Waals surface area (Å²) in [5.41, 5.74) is 0.603. The lowest BCUT2D eigenvalue weighted by Crippen LogP contribution is -2.48. The number of ether oxygens (including phenoxy) is 1. The number of fused-ring (bicyclic) bond motifs is 1. The van der Waals surface area contributed by atoms with Crippen LogP contribution in [0, 0.1) is 0 Å². The van der Waals surface area contributed by atoms with Crippen molar-refractivity contribution >= 4 is 17.5 Å². The van der Waals surface area contributed by atoms with E-state index in [-0.39, 0.29) is 30.8 Å². The molecule has 1 aliphatic rings. The van der Waals surface area contributed by atoms with Crippen LogP contribution in [0.25, 0.3) is 0 Å². The van der Waals surface area contributed by atoms with Gasteiger partial charge in [0.25, 0.3) is 5.91 Å². The third-order valence-corrected chi connectivity index (χ3v) is 4.33. The molecular formula is C18H23N5O3. The van der Waals surface area contributed by atoms with Crippen molar-refractivity contribution in [1.82, 2.24) is 20.1 Å². The van der Waals surface area contributed by atoms with E-state index in [0.717, 1.165) is 5.82 Å². The van der Waals surface area contributed by atoms with Crippen LogP contribution in [0.3, 0.4) is 0 Å². The number of anilines is 1. The maximum atomic E-state index is 12.4. The highest BCUT2D eigenvalue weighted by atomic mass is 16.5. The molecule has 0 fully saturated rings. The molecule has 1 aliphatic heterocycles. The minimum absolute atomic E-state index is 0.0710. The van der Waals surface area contributed by atoms with Gasteiger partial charge in [0, 0.05) is 13.0 Å². The largest absolute Gasteiger partial charge is 0.479 e. The summed E-state index contributed by atoms with van der Waals surface area (Å²) in [7, 11) is 1.88. The lowest BCUT2D eigenvalue weighted by molar-refractivity contribution is -0.128. The normalized spacial score (nSPS) is 16.4. The zero-order chi connectivity index (χ0) is 18.8. The van der Waals surface area contributed by atoms with Crippen molar-refractivity contribution in [1.29, 1.82) is 0 Å². The quantitative estimate of drug-likeness (QED) is 0.873. The fraction of sp³-hybridized carbons (Fsp3) is 0.444. The average Bonchev–Trinajstić information content (AvgIpc) is 2.98. The number of rotatable bonds is 5. The van der Waals surface area contributed by atoms with Crippen molar-refractivity contribution in [2.45, 2.75) is 39.3 Å². The van der Waals surface area contributed by atoms with Gasteiger partial charge in [-0.15, -0.1) is 10.2 Å². The lowest BCUT2D eigenvalue weighted by Gasteiger charge is -2.32. The van der Waals surface area contributed by atoms with Gasteiger partial charge in [0.2, 0.25) is 5.91 Å². The average molecular weight is 357 g/mol. The predicted molar refractivity (Wildman–Crippen MR) is 95.8 cm³/mol. The molecule has 0 bridgehead atoms. The predicted octanol–water partition coefficient (Wildman–Crippen LogP) is 1.37. The summed E-state index contributed by atoms with van der Waals surface area (Å²) in [6.07, 6.45) is -0.620. The summed E-state index contributed by atoms with van der Waals surface area (Å²) in [6.45, 7) is 5.93. The molecule has 0 saturated heterocycles. The standard InChI is InChI=1S/C18H23N5O3/c1-11(2)17-21-20-15(22(17)4)9-19-16(24)10-23-13-7-5-6-8-14(13)26-12(3)18(23)25/h5-8,11-12H,9-10H2,1-4H3,(H,19,24). The number of carbonyl (C=O) groups is 2. The van der Waals surface area contributed by atoms with Crippen LogP contribution in [0.5, 0.6) is 5.75 Å². The number of carbonyl (C=O) groups excluding carboxylic acids is 2. The molecule has 1 N–H and O–H groups in total. The molecule has 3 rings (SSSR count). The van der Waals surface area contributed by atoms with Gasteiger partial charge < -0.3 is 14.6 Å². The van der Waals surface area contributed by atoms with E-state index in [1.54, 1.807) is 19.1 Å². The second kappa shape index (κ2) is 7.15. The molecule has 1 unspecified atom stereocenters. The Labute approximate surface area is 152 Å². The van der Waals surface area contributed by atoms with E-state index in [1.165, 1.54) is 4.90 Å². The van der Waals surface area contributed by atoms with Gasteiger partial charge in [0.1, 0.15) is 18.1 Å². The zero-order valence-electron chi connectivity index (χ0n) is 15.4. The maximum absolute atomic E-state index is 12.4. The second-order valence-corrected chi connectivity index (χ2v) is 6.62. The molecule has 2 amide bonds. The molecule has 2 heterocycles. The van der Waals surface area contributed by atoms with Gasteiger partial charge in [-0.2, -0.15) is 0 Å². The highest BCUT2D eigenvalue weighted by Gasteiger charge is 2.32. The third-order valence-electron chi connectivity index (χ3n) is 4.33. The Bertz CT molecular complexity index is 830. The molecule has 1 atom stereocenters. The van der Waals surface area contributed by atoms with Crippen molar-refractivity contribution in [2.24, 2.45) is 7.05 Å². The number of benzene rings is 1. The number of amides is 2. The van der Waals surface area contributed by atoms with Crippen molar-refractivity contribution in [2.75, 3.05) is 11.4 Å². The van der Waals surface area contributed by atoms with E-state index in [4.69, 9.17) is 4.74 Å². The van der Waals surface area contributed by atoms with Crippen LogP contribution in [0.1, 0.15) is 38.3 Å². The maximum Gasteiger partial charge on any atom is 0.268 e. The number of hydrogen-bond acceptors (Lipinski definition) is 5. The molecular weight excluding hydrogens is 334 g/mol. The fourth-order valence-electron chi connectivity index (χ4n) is 2.93. The summed E-state index contributed by atoms with van der Waals surface area (Å²) in [5, 5.41) is 11.1. The molecule has 8 nitrogen and oxygen atoms in total. The molecule has 0 radical (unpaired) electrons. The Morgan fingerprint density at radius 3 is 2.73 bits per heavy atom. The molecule has 138 valence electrons. The Morgan fingerprint density at radius 1 is 1.31 bits per heavy atom. The number of nitrogens with one attached hydrogen (secondary N) is 1. The molecule has 1 aromatic heterocycles. The molecule has 0 saturated carbocycles. The van der Waals surface area contributed by atoms with Gasteiger partial charge in [0.15, 0.2) is 11.9 Å². The van der Waals surface area contributed by atoms with E-state index < -0.39 is 6.10 Å². The van der Waals surface area contributed by atoms with Crippen molar-refractivity contribution in [3.8, 4) is 5.75 Å². The molecule has 2 aromatic rings. The van der Waals surface area contributed by atoms with E-state index >= 15 is 0 Å². The summed E-state index contributed by atoms with van der Waals surface area (Å²) in [6, 6.07) is 7.20. The molecule has 0 aliphatic carbocycles. The minimum Gasteiger partial charge on any atom is -0.479 e. The van der Waals surface area contributed by atoms with Crippen LogP contribution in [0.4, 0.5) is 5.69 Å². The summed E-state index contributed by atoms with van der Waals surface area (Å²) < 4.78 is 7.46. The topological polar surface area (TPSA) is 89.3 Å². The lowest BCUT2D eigenvalue weighted by atomic mass is 10.2. The Morgan fingerprint density at radius 2 is 2.04 bits per heavy atom. The number of para-hydroxylation sites is 2. The van der Waals surface area contributed by atoms with Crippen LogP contribution in [-0.2, 0) is 23.2 Å². The monoisotopic (exact) mass is 357 g/mol. The summed E-state index contributed by atoms with van der Waals surface area (Å²) >= 11 is 0. The van der Waals surface area contributed by atoms with Crippen LogP contribution in [-0.4, -0.2) is 39.2 Å². The highest BCUT2D eigenvalue weighted by molar-refractivity contribution is 6.03. The summed E-state index contributed by atoms with van der Waals surface area (Å²) in [5.74, 6) is 1.88. The van der Waals surface area contributed by atoms with Crippen LogP contribution < -0.4 is 15.0 Å². The number of aromatic nitrogens is 3. The Hall–Kier alpha value is -2.90. The number of hydrogen-bond donors (Lipinski definition) is 1. The van der Waals surface area contributed by atoms with Gasteiger partial charge in [-0.1, -0.05) is 26.0 Å². The van der Waals surface area contributed by atoms with E-state index in [1.807, 2.05) is 37.6 Å². The SMILES string of the molecule is CC1Oc2ccccc2N(CC(=O)NCc2nnc(C(C)C)n2C)C1=O. The van der Waals surface area contributed by atoms with Gasteiger partial charge >= 0.3 is 0 Å². The molecule has 26 heavy (non-hydrogen) atoms. The first-order valence-corrected chi connectivity index (χ1v) is 8.60. The van der Waals surface area contributed by atoms with Gasteiger partial charge in [0.05, 0.1) is 12.2 Å². The van der Waals surface area contributed by atoms with E-state index in [2.05, 4.69) is 15.5 Å². The van der Waals surface area contributed by atoms with Gasteiger partial charge in [-0.05, 0) is 19.1 Å². The zero-order valence-corrected chi connectivity index (χ0v) is 15.4. The van der Waals surface area contributed by atoms with Crippen LogP contribution >= 0.6 is 0 Å². The van der Waals surface area contributed by atoms with Gasteiger partial charge in [-0.25, -0.2) is 0 Å². The second-order valence-electron chi connectivity index (χ2n) is 6.62. The molecule has 0 spiro atoms.